The van der Waals surface area contributed by atoms with E-state index in [0.717, 1.165) is 16.3 Å². The molecule has 82 valence electrons. The highest BCUT2D eigenvalue weighted by Crippen LogP contribution is 2.22. The quantitative estimate of drug-likeness (QED) is 0.803. The molecule has 0 aromatic carbocycles. The Balaban J connectivity index is 2.47. The Kier molecular flexibility index (Phi) is 4.76. The Morgan fingerprint density at radius 3 is 2.80 bits per heavy atom. The molecule has 1 aromatic rings. The maximum atomic E-state index is 8.88. The fourth-order valence-electron chi connectivity index (χ4n) is 1.19. The summed E-state index contributed by atoms with van der Waals surface area (Å²) in [4.78, 5) is 1.91. The molecular formula is C11H16N2OS. The lowest BCUT2D eigenvalue weighted by Crippen LogP contribution is -2.25. The van der Waals surface area contributed by atoms with Crippen LogP contribution in [0, 0.1) is 17.2 Å². The van der Waals surface area contributed by atoms with E-state index >= 15 is 0 Å². The van der Waals surface area contributed by atoms with E-state index in [1.165, 1.54) is 11.3 Å². The zero-order valence-electron chi connectivity index (χ0n) is 9.03. The van der Waals surface area contributed by atoms with Crippen LogP contribution in [0.1, 0.15) is 29.6 Å². The molecule has 2 N–H and O–H groups in total. The van der Waals surface area contributed by atoms with Gasteiger partial charge in [0.25, 0.3) is 0 Å². The fraction of sp³-hybridized carbons (Fsp3) is 0.545. The molecule has 0 saturated heterocycles. The van der Waals surface area contributed by atoms with Gasteiger partial charge in [0, 0.05) is 24.1 Å². The molecule has 0 aliphatic rings. The first-order chi connectivity index (χ1) is 7.17. The van der Waals surface area contributed by atoms with Crippen LogP contribution in [-0.4, -0.2) is 18.3 Å². The van der Waals surface area contributed by atoms with E-state index < -0.39 is 0 Å². The fourth-order valence-corrected chi connectivity index (χ4v) is 2.02. The van der Waals surface area contributed by atoms with E-state index in [1.54, 1.807) is 0 Å². The predicted octanol–water partition coefficient (Wildman–Crippen LogP) is 1.90. The average Bonchev–Trinajstić information content (AvgIpc) is 2.73. The monoisotopic (exact) mass is 224 g/mol. The molecule has 0 saturated carbocycles. The van der Waals surface area contributed by atoms with E-state index in [0.29, 0.717) is 0 Å². The molecule has 2 unspecified atom stereocenters. The standard InChI is InChI=1S/C11H16N2OS/c1-8(7-14)6-13-9(2)11-4-3-10(5-12)15-11/h3-4,8-9,13-14H,6-7H2,1-2H3. The number of nitriles is 1. The Labute approximate surface area is 94.4 Å². The first kappa shape index (κ1) is 12.2. The second-order valence-corrected chi connectivity index (χ2v) is 4.85. The maximum Gasteiger partial charge on any atom is 0.110 e. The highest BCUT2D eigenvalue weighted by atomic mass is 32.1. The minimum absolute atomic E-state index is 0.202. The smallest absolute Gasteiger partial charge is 0.110 e. The van der Waals surface area contributed by atoms with Crippen LogP contribution in [0.2, 0.25) is 0 Å². The van der Waals surface area contributed by atoms with E-state index in [9.17, 15) is 0 Å². The van der Waals surface area contributed by atoms with Gasteiger partial charge >= 0.3 is 0 Å². The van der Waals surface area contributed by atoms with Crippen molar-refractivity contribution in [1.29, 1.82) is 5.26 Å². The van der Waals surface area contributed by atoms with Crippen molar-refractivity contribution >= 4 is 11.3 Å². The zero-order chi connectivity index (χ0) is 11.3. The number of aliphatic hydroxyl groups excluding tert-OH is 1. The second-order valence-electron chi connectivity index (χ2n) is 3.73. The molecule has 1 aromatic heterocycles. The molecule has 1 rings (SSSR count). The van der Waals surface area contributed by atoms with Crippen LogP contribution in [0.15, 0.2) is 12.1 Å². The van der Waals surface area contributed by atoms with Crippen molar-refractivity contribution in [2.24, 2.45) is 5.92 Å². The summed E-state index contributed by atoms with van der Waals surface area (Å²) in [6.07, 6.45) is 0. The van der Waals surface area contributed by atoms with Crippen molar-refractivity contribution in [3.63, 3.8) is 0 Å². The van der Waals surface area contributed by atoms with Gasteiger partial charge in [0.05, 0.1) is 0 Å². The third kappa shape index (κ3) is 3.63. The molecule has 0 aliphatic carbocycles. The van der Waals surface area contributed by atoms with Gasteiger partial charge in [-0.25, -0.2) is 0 Å². The predicted molar refractivity (Wildman–Crippen MR) is 61.7 cm³/mol. The van der Waals surface area contributed by atoms with Crippen molar-refractivity contribution in [2.75, 3.05) is 13.2 Å². The molecule has 0 radical (unpaired) electrons. The summed E-state index contributed by atoms with van der Waals surface area (Å²) >= 11 is 1.51. The molecule has 2 atom stereocenters. The van der Waals surface area contributed by atoms with Gasteiger partial charge < -0.3 is 10.4 Å². The largest absolute Gasteiger partial charge is 0.396 e. The molecule has 4 heteroatoms. The van der Waals surface area contributed by atoms with E-state index in [-0.39, 0.29) is 18.6 Å². The topological polar surface area (TPSA) is 56.0 Å². The molecule has 1 heterocycles. The Morgan fingerprint density at radius 2 is 2.27 bits per heavy atom. The van der Waals surface area contributed by atoms with E-state index in [2.05, 4.69) is 18.3 Å². The van der Waals surface area contributed by atoms with Crippen molar-refractivity contribution in [1.82, 2.24) is 5.32 Å². The minimum Gasteiger partial charge on any atom is -0.396 e. The number of nitrogens with zero attached hydrogens (tertiary/aromatic N) is 1. The summed E-state index contributed by atoms with van der Waals surface area (Å²) in [6.45, 7) is 5.05. The summed E-state index contributed by atoms with van der Waals surface area (Å²) < 4.78 is 0. The summed E-state index contributed by atoms with van der Waals surface area (Å²) in [5.74, 6) is 0.267. The van der Waals surface area contributed by atoms with Crippen molar-refractivity contribution < 1.29 is 5.11 Å². The number of hydrogen-bond acceptors (Lipinski definition) is 4. The van der Waals surface area contributed by atoms with Crippen LogP contribution in [0.25, 0.3) is 0 Å². The highest BCUT2D eigenvalue weighted by molar-refractivity contribution is 7.12. The van der Waals surface area contributed by atoms with E-state index in [4.69, 9.17) is 10.4 Å². The lowest BCUT2D eigenvalue weighted by molar-refractivity contribution is 0.231. The molecule has 0 aliphatic heterocycles. The Morgan fingerprint density at radius 1 is 1.53 bits per heavy atom. The molecule has 15 heavy (non-hydrogen) atoms. The second kappa shape index (κ2) is 5.86. The SMILES string of the molecule is CC(CO)CNC(C)c1ccc(C#N)s1. The summed E-state index contributed by atoms with van der Waals surface area (Å²) in [5.41, 5.74) is 0. The van der Waals surface area contributed by atoms with Crippen molar-refractivity contribution in [2.45, 2.75) is 19.9 Å². The number of thiophene rings is 1. The van der Waals surface area contributed by atoms with Crippen molar-refractivity contribution in [3.8, 4) is 6.07 Å². The minimum atomic E-state index is 0.202. The average molecular weight is 224 g/mol. The van der Waals surface area contributed by atoms with Crippen molar-refractivity contribution in [3.05, 3.63) is 21.9 Å². The Hall–Kier alpha value is -0.890. The lowest BCUT2D eigenvalue weighted by Gasteiger charge is -2.14. The molecule has 0 bridgehead atoms. The number of nitrogens with one attached hydrogen (secondary N) is 1. The van der Waals surface area contributed by atoms with Crippen LogP contribution in [0.4, 0.5) is 0 Å². The molecule has 0 amide bonds. The van der Waals surface area contributed by atoms with Gasteiger partial charge in [0.2, 0.25) is 0 Å². The van der Waals surface area contributed by atoms with Gasteiger partial charge in [-0.3, -0.25) is 0 Å². The first-order valence-corrected chi connectivity index (χ1v) is 5.83. The summed E-state index contributed by atoms with van der Waals surface area (Å²) in [6, 6.07) is 6.19. The number of aliphatic hydroxyl groups is 1. The van der Waals surface area contributed by atoms with Crippen LogP contribution < -0.4 is 5.32 Å². The van der Waals surface area contributed by atoms with Crippen LogP contribution in [0.5, 0.6) is 0 Å². The van der Waals surface area contributed by atoms with Gasteiger partial charge in [-0.15, -0.1) is 11.3 Å². The normalized spacial score (nSPS) is 14.5. The summed E-state index contributed by atoms with van der Waals surface area (Å²) in [7, 11) is 0. The van der Waals surface area contributed by atoms with Gasteiger partial charge in [-0.1, -0.05) is 6.92 Å². The maximum absolute atomic E-state index is 8.88. The Bertz CT molecular complexity index is 343. The third-order valence-corrected chi connectivity index (χ3v) is 3.42. The molecule has 0 spiro atoms. The zero-order valence-corrected chi connectivity index (χ0v) is 9.84. The first-order valence-electron chi connectivity index (χ1n) is 5.01. The van der Waals surface area contributed by atoms with E-state index in [1.807, 2.05) is 19.1 Å². The lowest BCUT2D eigenvalue weighted by atomic mass is 10.2. The summed E-state index contributed by atoms with van der Waals surface area (Å²) in [5, 5.41) is 20.9. The molecular weight excluding hydrogens is 208 g/mol. The van der Waals surface area contributed by atoms with Gasteiger partial charge in [0.1, 0.15) is 10.9 Å². The van der Waals surface area contributed by atoms with Crippen LogP contribution >= 0.6 is 11.3 Å². The van der Waals surface area contributed by atoms with Gasteiger partial charge in [0.15, 0.2) is 0 Å². The highest BCUT2D eigenvalue weighted by Gasteiger charge is 2.09. The van der Waals surface area contributed by atoms with Crippen LogP contribution in [0.3, 0.4) is 0 Å². The number of hydrogen-bond donors (Lipinski definition) is 2. The van der Waals surface area contributed by atoms with Gasteiger partial charge in [-0.05, 0) is 25.0 Å². The number of rotatable bonds is 5. The molecule has 3 nitrogen and oxygen atoms in total. The van der Waals surface area contributed by atoms with Gasteiger partial charge in [-0.2, -0.15) is 5.26 Å². The van der Waals surface area contributed by atoms with Crippen LogP contribution in [-0.2, 0) is 0 Å². The molecule has 0 fully saturated rings. The third-order valence-electron chi connectivity index (χ3n) is 2.25.